The van der Waals surface area contributed by atoms with E-state index in [1.54, 1.807) is 18.6 Å². The predicted octanol–water partition coefficient (Wildman–Crippen LogP) is 4.74. The van der Waals surface area contributed by atoms with Crippen LogP contribution in [-0.2, 0) is 13.2 Å². The molecule has 3 heterocycles. The van der Waals surface area contributed by atoms with Gasteiger partial charge in [-0.05, 0) is 49.7 Å². The van der Waals surface area contributed by atoms with Gasteiger partial charge in [-0.1, -0.05) is 18.2 Å². The van der Waals surface area contributed by atoms with Gasteiger partial charge in [0, 0.05) is 53.7 Å². The molecule has 0 unspecified atom stereocenters. The summed E-state index contributed by atoms with van der Waals surface area (Å²) in [6, 6.07) is 15.8. The number of aryl methyl sites for hydroxylation is 1. The Balaban J connectivity index is 1.41. The number of rotatable bonds is 7. The highest BCUT2D eigenvalue weighted by Gasteiger charge is 2.10. The molecular weight excluding hydrogens is 374 g/mol. The van der Waals surface area contributed by atoms with Crippen LogP contribution in [0.25, 0.3) is 11.4 Å². The average molecular weight is 397 g/mol. The van der Waals surface area contributed by atoms with Crippen LogP contribution in [0.3, 0.4) is 0 Å². The van der Waals surface area contributed by atoms with Crippen LogP contribution in [0.4, 0.5) is 5.82 Å². The van der Waals surface area contributed by atoms with Crippen molar-refractivity contribution in [2.75, 3.05) is 5.32 Å². The molecule has 0 saturated carbocycles. The second-order valence-electron chi connectivity index (χ2n) is 7.00. The van der Waals surface area contributed by atoms with E-state index in [-0.39, 0.29) is 0 Å². The summed E-state index contributed by atoms with van der Waals surface area (Å²) in [6.45, 7) is 5.19. The summed E-state index contributed by atoms with van der Waals surface area (Å²) in [7, 11) is 0. The van der Waals surface area contributed by atoms with Gasteiger partial charge in [-0.25, -0.2) is 9.97 Å². The topological polar surface area (TPSA) is 72.8 Å². The summed E-state index contributed by atoms with van der Waals surface area (Å²) in [5.74, 6) is 2.33. The molecule has 0 saturated heterocycles. The van der Waals surface area contributed by atoms with Gasteiger partial charge in [0.05, 0.1) is 0 Å². The summed E-state index contributed by atoms with van der Waals surface area (Å²) in [5.41, 5.74) is 5.08. The molecule has 30 heavy (non-hydrogen) atoms. The zero-order valence-corrected chi connectivity index (χ0v) is 17.0. The molecule has 150 valence electrons. The van der Waals surface area contributed by atoms with Gasteiger partial charge in [-0.3, -0.25) is 9.97 Å². The van der Waals surface area contributed by atoms with Crippen LogP contribution < -0.4 is 10.1 Å². The van der Waals surface area contributed by atoms with Gasteiger partial charge in [0.2, 0.25) is 0 Å². The number of anilines is 1. The Bertz CT molecular complexity index is 1100. The molecular formula is C24H23N5O. The number of aromatic nitrogens is 4. The summed E-state index contributed by atoms with van der Waals surface area (Å²) in [5, 5.41) is 3.44. The number of ether oxygens (including phenoxy) is 1. The molecule has 4 aromatic rings. The summed E-state index contributed by atoms with van der Waals surface area (Å²) >= 11 is 0. The number of nitrogens with one attached hydrogen (secondary N) is 1. The van der Waals surface area contributed by atoms with Crippen LogP contribution in [0.1, 0.15) is 22.4 Å². The maximum atomic E-state index is 5.82. The molecule has 0 amide bonds. The fourth-order valence-corrected chi connectivity index (χ4v) is 2.96. The van der Waals surface area contributed by atoms with E-state index < -0.39 is 0 Å². The number of hydrogen-bond donors (Lipinski definition) is 1. The van der Waals surface area contributed by atoms with Crippen LogP contribution in [0.15, 0.2) is 73.3 Å². The van der Waals surface area contributed by atoms with Crippen molar-refractivity contribution in [1.82, 2.24) is 19.9 Å². The van der Waals surface area contributed by atoms with Crippen molar-refractivity contribution in [3.05, 3.63) is 95.7 Å². The Labute approximate surface area is 176 Å². The van der Waals surface area contributed by atoms with Crippen molar-refractivity contribution < 1.29 is 4.74 Å². The molecule has 0 aliphatic heterocycles. The third-order valence-corrected chi connectivity index (χ3v) is 4.82. The van der Waals surface area contributed by atoms with Crippen molar-refractivity contribution in [2.24, 2.45) is 0 Å². The molecule has 0 fully saturated rings. The Morgan fingerprint density at radius 1 is 0.833 bits per heavy atom. The number of benzene rings is 1. The lowest BCUT2D eigenvalue weighted by Crippen LogP contribution is -2.07. The first-order chi connectivity index (χ1) is 14.7. The lowest BCUT2D eigenvalue weighted by molar-refractivity contribution is 0.305. The van der Waals surface area contributed by atoms with Crippen molar-refractivity contribution in [3.63, 3.8) is 0 Å². The molecule has 6 nitrogen and oxygen atoms in total. The molecule has 0 aliphatic rings. The van der Waals surface area contributed by atoms with Crippen LogP contribution in [-0.4, -0.2) is 19.9 Å². The van der Waals surface area contributed by atoms with Crippen molar-refractivity contribution >= 4 is 5.82 Å². The van der Waals surface area contributed by atoms with E-state index in [0.29, 0.717) is 19.0 Å². The van der Waals surface area contributed by atoms with Crippen molar-refractivity contribution in [2.45, 2.75) is 27.0 Å². The summed E-state index contributed by atoms with van der Waals surface area (Å²) < 4.78 is 5.82. The zero-order chi connectivity index (χ0) is 20.8. The first kappa shape index (κ1) is 19.5. The zero-order valence-electron chi connectivity index (χ0n) is 17.0. The predicted molar refractivity (Wildman–Crippen MR) is 117 cm³/mol. The van der Waals surface area contributed by atoms with E-state index in [9.17, 15) is 0 Å². The van der Waals surface area contributed by atoms with Crippen LogP contribution in [0.2, 0.25) is 0 Å². The first-order valence-electron chi connectivity index (χ1n) is 9.79. The largest absolute Gasteiger partial charge is 0.489 e. The maximum Gasteiger partial charge on any atom is 0.163 e. The average Bonchev–Trinajstić information content (AvgIpc) is 2.80. The van der Waals surface area contributed by atoms with E-state index in [0.717, 1.165) is 39.5 Å². The van der Waals surface area contributed by atoms with Gasteiger partial charge in [0.15, 0.2) is 5.82 Å². The van der Waals surface area contributed by atoms with E-state index in [1.165, 1.54) is 0 Å². The quantitative estimate of drug-likeness (QED) is 0.485. The minimum Gasteiger partial charge on any atom is -0.489 e. The third kappa shape index (κ3) is 4.78. The molecule has 0 spiro atoms. The maximum absolute atomic E-state index is 5.82. The van der Waals surface area contributed by atoms with E-state index >= 15 is 0 Å². The standard InChI is InChI=1S/C24H23N5O/c1-17-18(2)28-24(21-6-4-12-26-15-21)29-23(17)27-14-19-7-9-22(10-8-19)30-16-20-5-3-11-25-13-20/h3-13,15H,14,16H2,1-2H3,(H,27,28,29). The minimum atomic E-state index is 0.502. The number of hydrogen-bond acceptors (Lipinski definition) is 6. The minimum absolute atomic E-state index is 0.502. The lowest BCUT2D eigenvalue weighted by atomic mass is 10.2. The third-order valence-electron chi connectivity index (χ3n) is 4.82. The summed E-state index contributed by atoms with van der Waals surface area (Å²) in [6.07, 6.45) is 7.09. The molecule has 0 aliphatic carbocycles. The van der Waals surface area contributed by atoms with Crippen molar-refractivity contribution in [3.8, 4) is 17.1 Å². The molecule has 1 N–H and O–H groups in total. The van der Waals surface area contributed by atoms with Gasteiger partial charge in [-0.15, -0.1) is 0 Å². The van der Waals surface area contributed by atoms with Gasteiger partial charge >= 0.3 is 0 Å². The lowest BCUT2D eigenvalue weighted by Gasteiger charge is -2.13. The van der Waals surface area contributed by atoms with E-state index in [2.05, 4.69) is 32.4 Å². The monoisotopic (exact) mass is 397 g/mol. The highest BCUT2D eigenvalue weighted by atomic mass is 16.5. The molecule has 1 aromatic carbocycles. The molecule has 0 atom stereocenters. The summed E-state index contributed by atoms with van der Waals surface area (Å²) in [4.78, 5) is 17.6. The fraction of sp³-hybridized carbons (Fsp3) is 0.167. The number of nitrogens with zero attached hydrogens (tertiary/aromatic N) is 4. The van der Waals surface area contributed by atoms with Gasteiger partial charge in [0.1, 0.15) is 18.2 Å². The molecule has 0 bridgehead atoms. The smallest absolute Gasteiger partial charge is 0.163 e. The molecule has 3 aromatic heterocycles. The second-order valence-corrected chi connectivity index (χ2v) is 7.00. The molecule has 4 rings (SSSR count). The highest BCUT2D eigenvalue weighted by Crippen LogP contribution is 2.22. The Morgan fingerprint density at radius 2 is 1.60 bits per heavy atom. The van der Waals surface area contributed by atoms with E-state index in [4.69, 9.17) is 9.72 Å². The van der Waals surface area contributed by atoms with Gasteiger partial charge in [-0.2, -0.15) is 0 Å². The van der Waals surface area contributed by atoms with Gasteiger partial charge in [0.25, 0.3) is 0 Å². The van der Waals surface area contributed by atoms with Crippen LogP contribution in [0.5, 0.6) is 5.75 Å². The van der Waals surface area contributed by atoms with Gasteiger partial charge < -0.3 is 10.1 Å². The van der Waals surface area contributed by atoms with E-state index in [1.807, 2.05) is 56.4 Å². The Kier molecular flexibility index (Phi) is 5.94. The Morgan fingerprint density at radius 3 is 2.30 bits per heavy atom. The SMILES string of the molecule is Cc1nc(-c2cccnc2)nc(NCc2ccc(OCc3cccnc3)cc2)c1C. The second kappa shape index (κ2) is 9.13. The van der Waals surface area contributed by atoms with Crippen molar-refractivity contribution in [1.29, 1.82) is 0 Å². The van der Waals surface area contributed by atoms with Crippen LogP contribution >= 0.6 is 0 Å². The normalized spacial score (nSPS) is 10.6. The molecule has 0 radical (unpaired) electrons. The Hall–Kier alpha value is -3.80. The van der Waals surface area contributed by atoms with Crippen LogP contribution in [0, 0.1) is 13.8 Å². The molecule has 6 heteroatoms. The first-order valence-corrected chi connectivity index (χ1v) is 9.79. The highest BCUT2D eigenvalue weighted by molar-refractivity contribution is 5.58. The fourth-order valence-electron chi connectivity index (χ4n) is 2.96. The number of pyridine rings is 2.